The van der Waals surface area contributed by atoms with Crippen LogP contribution in [0.15, 0.2) is 18.3 Å². The summed E-state index contributed by atoms with van der Waals surface area (Å²) in [7, 11) is 1.66. The van der Waals surface area contributed by atoms with Crippen LogP contribution in [-0.2, 0) is 17.6 Å². The zero-order valence-corrected chi connectivity index (χ0v) is 8.86. The van der Waals surface area contributed by atoms with Gasteiger partial charge in [0.15, 0.2) is 0 Å². The van der Waals surface area contributed by atoms with E-state index < -0.39 is 0 Å². The fraction of sp³-hybridized carbons (Fsp3) is 0.545. The fourth-order valence-electron chi connectivity index (χ4n) is 1.33. The molecule has 0 aliphatic carbocycles. The maximum absolute atomic E-state index is 5.82. The molecule has 0 radical (unpaired) electrons. The van der Waals surface area contributed by atoms with E-state index >= 15 is 0 Å². The van der Waals surface area contributed by atoms with Crippen molar-refractivity contribution in [2.24, 2.45) is 5.73 Å². The Morgan fingerprint density at radius 3 is 2.79 bits per heavy atom. The van der Waals surface area contributed by atoms with Gasteiger partial charge in [0.05, 0.1) is 6.61 Å². The molecular formula is C11H18N2O. The monoisotopic (exact) mass is 194 g/mol. The van der Waals surface area contributed by atoms with E-state index in [9.17, 15) is 0 Å². The third-order valence-corrected chi connectivity index (χ3v) is 2.15. The number of nitrogens with two attached hydrogens (primary N) is 1. The van der Waals surface area contributed by atoms with Crippen LogP contribution in [0.1, 0.15) is 18.2 Å². The smallest absolute Gasteiger partial charge is 0.0617 e. The van der Waals surface area contributed by atoms with Gasteiger partial charge in [-0.05, 0) is 18.1 Å². The van der Waals surface area contributed by atoms with Crippen LogP contribution in [0, 0.1) is 0 Å². The van der Waals surface area contributed by atoms with Crippen molar-refractivity contribution < 1.29 is 4.74 Å². The zero-order chi connectivity index (χ0) is 10.4. The van der Waals surface area contributed by atoms with E-state index in [1.165, 1.54) is 5.56 Å². The molecule has 0 saturated heterocycles. The first kappa shape index (κ1) is 11.1. The number of hydrogen-bond donors (Lipinski definition) is 1. The number of ether oxygens (including phenoxy) is 1. The van der Waals surface area contributed by atoms with Crippen molar-refractivity contribution in [1.29, 1.82) is 0 Å². The van der Waals surface area contributed by atoms with E-state index in [1.807, 2.05) is 12.3 Å². The second-order valence-corrected chi connectivity index (χ2v) is 3.43. The molecular weight excluding hydrogens is 176 g/mol. The minimum Gasteiger partial charge on any atom is -0.383 e. The summed E-state index contributed by atoms with van der Waals surface area (Å²) in [6.07, 6.45) is 3.71. The molecule has 1 rings (SSSR count). The first-order valence-electron chi connectivity index (χ1n) is 4.94. The number of hydrogen-bond acceptors (Lipinski definition) is 3. The first-order valence-corrected chi connectivity index (χ1v) is 4.94. The van der Waals surface area contributed by atoms with Crippen molar-refractivity contribution in [1.82, 2.24) is 4.98 Å². The summed E-state index contributed by atoms with van der Waals surface area (Å²) in [5.41, 5.74) is 8.11. The van der Waals surface area contributed by atoms with Crippen LogP contribution in [-0.4, -0.2) is 24.7 Å². The van der Waals surface area contributed by atoms with Crippen LogP contribution in [0.3, 0.4) is 0 Å². The predicted octanol–water partition coefficient (Wildman–Crippen LogP) is 1.16. The average molecular weight is 194 g/mol. The Bertz CT molecular complexity index is 258. The average Bonchev–Trinajstić information content (AvgIpc) is 2.19. The molecule has 0 bridgehead atoms. The van der Waals surface area contributed by atoms with Crippen LogP contribution in [0.25, 0.3) is 0 Å². The molecule has 1 aromatic rings. The maximum atomic E-state index is 5.82. The number of pyridine rings is 1. The summed E-state index contributed by atoms with van der Waals surface area (Å²) < 4.78 is 4.97. The zero-order valence-electron chi connectivity index (χ0n) is 8.86. The Kier molecular flexibility index (Phi) is 4.56. The highest BCUT2D eigenvalue weighted by Crippen LogP contribution is 2.03. The molecule has 78 valence electrons. The van der Waals surface area contributed by atoms with Crippen LogP contribution < -0.4 is 5.73 Å². The Labute approximate surface area is 85.3 Å². The van der Waals surface area contributed by atoms with Crippen LogP contribution >= 0.6 is 0 Å². The predicted molar refractivity (Wildman–Crippen MR) is 57.2 cm³/mol. The molecule has 0 amide bonds. The van der Waals surface area contributed by atoms with Gasteiger partial charge in [-0.1, -0.05) is 13.0 Å². The van der Waals surface area contributed by atoms with Gasteiger partial charge in [0, 0.05) is 31.5 Å². The van der Waals surface area contributed by atoms with E-state index in [0.29, 0.717) is 6.61 Å². The van der Waals surface area contributed by atoms with Crippen LogP contribution in [0.2, 0.25) is 0 Å². The van der Waals surface area contributed by atoms with Crippen molar-refractivity contribution in [3.8, 4) is 0 Å². The second kappa shape index (κ2) is 5.73. The van der Waals surface area contributed by atoms with Gasteiger partial charge >= 0.3 is 0 Å². The molecule has 1 aromatic heterocycles. The molecule has 0 aliphatic heterocycles. The highest BCUT2D eigenvalue weighted by Gasteiger charge is 2.04. The lowest BCUT2D eigenvalue weighted by Crippen LogP contribution is -2.28. The number of nitrogens with zero attached hydrogens (tertiary/aromatic N) is 1. The third-order valence-electron chi connectivity index (χ3n) is 2.15. The highest BCUT2D eigenvalue weighted by atomic mass is 16.5. The van der Waals surface area contributed by atoms with Gasteiger partial charge in [0.2, 0.25) is 0 Å². The third kappa shape index (κ3) is 3.44. The van der Waals surface area contributed by atoms with Crippen LogP contribution in [0.5, 0.6) is 0 Å². The largest absolute Gasteiger partial charge is 0.383 e. The molecule has 3 nitrogen and oxygen atoms in total. The van der Waals surface area contributed by atoms with Crippen molar-refractivity contribution in [3.05, 3.63) is 29.6 Å². The Morgan fingerprint density at radius 2 is 2.29 bits per heavy atom. The summed E-state index contributed by atoms with van der Waals surface area (Å²) in [4.78, 5) is 4.34. The van der Waals surface area contributed by atoms with E-state index in [1.54, 1.807) is 7.11 Å². The van der Waals surface area contributed by atoms with Crippen molar-refractivity contribution >= 4 is 0 Å². The lowest BCUT2D eigenvalue weighted by molar-refractivity contribution is 0.179. The Balaban J connectivity index is 2.50. The summed E-state index contributed by atoms with van der Waals surface area (Å²) in [6.45, 7) is 2.70. The lowest BCUT2D eigenvalue weighted by Gasteiger charge is -2.09. The number of methoxy groups -OCH3 is 1. The summed E-state index contributed by atoms with van der Waals surface area (Å²) in [5, 5.41) is 0. The van der Waals surface area contributed by atoms with Crippen molar-refractivity contribution in [2.45, 2.75) is 25.8 Å². The Morgan fingerprint density at radius 1 is 1.50 bits per heavy atom. The highest BCUT2D eigenvalue weighted by molar-refractivity contribution is 5.14. The summed E-state index contributed by atoms with van der Waals surface area (Å²) >= 11 is 0. The molecule has 0 saturated carbocycles. The van der Waals surface area contributed by atoms with E-state index in [4.69, 9.17) is 10.5 Å². The molecule has 3 heteroatoms. The van der Waals surface area contributed by atoms with Gasteiger partial charge in [-0.2, -0.15) is 0 Å². The first-order chi connectivity index (χ1) is 6.76. The molecule has 2 N–H and O–H groups in total. The normalized spacial score (nSPS) is 12.8. The quantitative estimate of drug-likeness (QED) is 0.765. The molecule has 0 aromatic carbocycles. The SMILES string of the molecule is CCc1ccc(CC(N)COC)nc1. The van der Waals surface area contributed by atoms with Gasteiger partial charge in [-0.15, -0.1) is 0 Å². The van der Waals surface area contributed by atoms with Gasteiger partial charge in [0.25, 0.3) is 0 Å². The van der Waals surface area contributed by atoms with Gasteiger partial charge in [-0.3, -0.25) is 4.98 Å². The van der Waals surface area contributed by atoms with Crippen molar-refractivity contribution in [3.63, 3.8) is 0 Å². The van der Waals surface area contributed by atoms with E-state index in [2.05, 4.69) is 18.0 Å². The van der Waals surface area contributed by atoms with Crippen molar-refractivity contribution in [2.75, 3.05) is 13.7 Å². The van der Waals surface area contributed by atoms with E-state index in [0.717, 1.165) is 18.5 Å². The number of aromatic nitrogens is 1. The maximum Gasteiger partial charge on any atom is 0.0617 e. The molecule has 0 spiro atoms. The van der Waals surface area contributed by atoms with Gasteiger partial charge < -0.3 is 10.5 Å². The molecule has 1 atom stereocenters. The van der Waals surface area contributed by atoms with Gasteiger partial charge in [-0.25, -0.2) is 0 Å². The van der Waals surface area contributed by atoms with E-state index in [-0.39, 0.29) is 6.04 Å². The molecule has 0 fully saturated rings. The fourth-order valence-corrected chi connectivity index (χ4v) is 1.33. The topological polar surface area (TPSA) is 48.1 Å². The minimum absolute atomic E-state index is 0.0416. The minimum atomic E-state index is 0.0416. The molecule has 1 heterocycles. The molecule has 0 aliphatic rings. The lowest BCUT2D eigenvalue weighted by atomic mass is 10.1. The second-order valence-electron chi connectivity index (χ2n) is 3.43. The Hall–Kier alpha value is -0.930. The van der Waals surface area contributed by atoms with Gasteiger partial charge in [0.1, 0.15) is 0 Å². The molecule has 14 heavy (non-hydrogen) atoms. The summed E-state index contributed by atoms with van der Waals surface area (Å²) in [6, 6.07) is 4.18. The number of aryl methyl sites for hydroxylation is 1. The molecule has 1 unspecified atom stereocenters. The summed E-state index contributed by atoms with van der Waals surface area (Å²) in [5.74, 6) is 0. The number of rotatable bonds is 5. The van der Waals surface area contributed by atoms with Crippen LogP contribution in [0.4, 0.5) is 0 Å². The standard InChI is InChI=1S/C11H18N2O/c1-3-9-4-5-11(13-7-9)6-10(12)8-14-2/h4-5,7,10H,3,6,8,12H2,1-2H3.